The molecule has 1 aliphatic heterocycles. The van der Waals surface area contributed by atoms with E-state index < -0.39 is 30.7 Å². The second-order valence-corrected chi connectivity index (χ2v) is 6.08. The molecule has 0 aliphatic carbocycles. The van der Waals surface area contributed by atoms with Gasteiger partial charge in [0.2, 0.25) is 5.91 Å². The Labute approximate surface area is 146 Å². The third-order valence-corrected chi connectivity index (χ3v) is 4.01. The zero-order chi connectivity index (χ0) is 17.9. The number of carbonyl (C=O) groups excluding carboxylic acids is 2. The molecule has 24 heavy (non-hydrogen) atoms. The van der Waals surface area contributed by atoms with Gasteiger partial charge in [-0.15, -0.1) is 0 Å². The minimum atomic E-state index is -4.50. The van der Waals surface area contributed by atoms with Crippen LogP contribution in [0.1, 0.15) is 12.8 Å². The lowest BCUT2D eigenvalue weighted by molar-refractivity contribution is -0.140. The molecule has 1 heterocycles. The van der Waals surface area contributed by atoms with Crippen molar-refractivity contribution in [3.05, 3.63) is 28.2 Å². The van der Waals surface area contributed by atoms with Crippen LogP contribution in [0.25, 0.3) is 0 Å². The number of alkyl halides is 3. The molecule has 5 nitrogen and oxygen atoms in total. The number of anilines is 1. The van der Waals surface area contributed by atoms with Crippen molar-refractivity contribution in [1.29, 1.82) is 0 Å². The van der Waals surface area contributed by atoms with E-state index in [1.807, 2.05) is 0 Å². The predicted molar refractivity (Wildman–Crippen MR) is 84.3 cm³/mol. The molecule has 1 unspecified atom stereocenters. The molecular weight excluding hydrogens is 370 g/mol. The summed E-state index contributed by atoms with van der Waals surface area (Å²) in [6.07, 6.45) is -3.70. The number of benzene rings is 1. The van der Waals surface area contributed by atoms with Crippen molar-refractivity contribution in [1.82, 2.24) is 10.2 Å². The first kappa shape index (κ1) is 18.7. The minimum absolute atomic E-state index is 0.255. The molecule has 1 atom stereocenters. The molecule has 1 fully saturated rings. The molecule has 1 saturated heterocycles. The van der Waals surface area contributed by atoms with Crippen LogP contribution in [0.15, 0.2) is 18.2 Å². The van der Waals surface area contributed by atoms with Crippen LogP contribution in [0.3, 0.4) is 0 Å². The SMILES string of the molecule is O=C(NCC(F)(F)F)C1CCCN1C(=O)Nc1cc(Cl)ccc1Cl. The van der Waals surface area contributed by atoms with E-state index in [-0.39, 0.29) is 17.3 Å². The Morgan fingerprint density at radius 1 is 1.29 bits per heavy atom. The number of hydrogen-bond acceptors (Lipinski definition) is 2. The Bertz CT molecular complexity index is 640. The highest BCUT2D eigenvalue weighted by atomic mass is 35.5. The van der Waals surface area contributed by atoms with Crippen molar-refractivity contribution in [2.24, 2.45) is 0 Å². The lowest BCUT2D eigenvalue weighted by Gasteiger charge is -2.24. The standard InChI is InChI=1S/C14H14Cl2F3N3O2/c15-8-3-4-9(16)10(6-8)21-13(24)22-5-1-2-11(22)12(23)20-7-14(17,18)19/h3-4,6,11H,1-2,5,7H2,(H,20,23)(H,21,24). The Morgan fingerprint density at radius 2 is 2.00 bits per heavy atom. The number of amides is 3. The summed E-state index contributed by atoms with van der Waals surface area (Å²) in [5.74, 6) is -0.836. The predicted octanol–water partition coefficient (Wildman–Crippen LogP) is 3.67. The lowest BCUT2D eigenvalue weighted by atomic mass is 10.2. The van der Waals surface area contributed by atoms with Crippen LogP contribution in [-0.2, 0) is 4.79 Å². The average Bonchev–Trinajstić information content (AvgIpc) is 2.97. The van der Waals surface area contributed by atoms with Gasteiger partial charge in [-0.1, -0.05) is 23.2 Å². The number of urea groups is 1. The summed E-state index contributed by atoms with van der Waals surface area (Å²) >= 11 is 11.8. The van der Waals surface area contributed by atoms with E-state index in [0.29, 0.717) is 17.9 Å². The maximum absolute atomic E-state index is 12.3. The van der Waals surface area contributed by atoms with E-state index in [1.54, 1.807) is 11.4 Å². The number of likely N-dealkylation sites (tertiary alicyclic amines) is 1. The van der Waals surface area contributed by atoms with Gasteiger partial charge in [-0.3, -0.25) is 4.79 Å². The molecule has 0 bridgehead atoms. The van der Waals surface area contributed by atoms with Crippen molar-refractivity contribution in [3.63, 3.8) is 0 Å². The van der Waals surface area contributed by atoms with Crippen molar-refractivity contribution in [2.45, 2.75) is 25.1 Å². The molecule has 1 aromatic carbocycles. The number of rotatable bonds is 3. The monoisotopic (exact) mass is 383 g/mol. The Balaban J connectivity index is 2.02. The van der Waals surface area contributed by atoms with Gasteiger partial charge in [0.15, 0.2) is 0 Å². The van der Waals surface area contributed by atoms with E-state index in [0.717, 1.165) is 0 Å². The number of hydrogen-bond donors (Lipinski definition) is 2. The summed E-state index contributed by atoms with van der Waals surface area (Å²) in [6.45, 7) is -1.17. The summed E-state index contributed by atoms with van der Waals surface area (Å²) in [5.41, 5.74) is 0.260. The largest absolute Gasteiger partial charge is 0.405 e. The highest BCUT2D eigenvalue weighted by molar-refractivity contribution is 6.35. The zero-order valence-electron chi connectivity index (χ0n) is 12.3. The first-order valence-electron chi connectivity index (χ1n) is 7.04. The fourth-order valence-electron chi connectivity index (χ4n) is 2.37. The van der Waals surface area contributed by atoms with Gasteiger partial charge in [0, 0.05) is 11.6 Å². The number of nitrogens with zero attached hydrogens (tertiary/aromatic N) is 1. The van der Waals surface area contributed by atoms with E-state index in [1.165, 1.54) is 17.0 Å². The molecule has 3 amide bonds. The first-order valence-corrected chi connectivity index (χ1v) is 7.80. The van der Waals surface area contributed by atoms with Crippen molar-refractivity contribution >= 4 is 40.8 Å². The molecule has 0 saturated carbocycles. The third-order valence-electron chi connectivity index (χ3n) is 3.45. The van der Waals surface area contributed by atoms with Gasteiger partial charge in [-0.2, -0.15) is 13.2 Å². The Hall–Kier alpha value is -1.67. The molecule has 1 aromatic rings. The van der Waals surface area contributed by atoms with E-state index in [4.69, 9.17) is 23.2 Å². The van der Waals surface area contributed by atoms with Crippen LogP contribution in [0.5, 0.6) is 0 Å². The summed E-state index contributed by atoms with van der Waals surface area (Å²) < 4.78 is 36.6. The third kappa shape index (κ3) is 4.91. The van der Waals surface area contributed by atoms with Crippen LogP contribution in [0.2, 0.25) is 10.0 Å². The number of halogens is 5. The van der Waals surface area contributed by atoms with Crippen molar-refractivity contribution in [3.8, 4) is 0 Å². The maximum atomic E-state index is 12.3. The average molecular weight is 384 g/mol. The highest BCUT2D eigenvalue weighted by Gasteiger charge is 2.36. The van der Waals surface area contributed by atoms with Gasteiger partial charge in [-0.05, 0) is 31.0 Å². The zero-order valence-corrected chi connectivity index (χ0v) is 13.8. The second kappa shape index (κ2) is 7.48. The van der Waals surface area contributed by atoms with E-state index in [9.17, 15) is 22.8 Å². The van der Waals surface area contributed by atoms with Crippen LogP contribution >= 0.6 is 23.2 Å². The second-order valence-electron chi connectivity index (χ2n) is 5.24. The molecule has 0 spiro atoms. The van der Waals surface area contributed by atoms with Gasteiger partial charge in [-0.25, -0.2) is 4.79 Å². The fraction of sp³-hybridized carbons (Fsp3) is 0.429. The molecule has 2 rings (SSSR count). The first-order chi connectivity index (χ1) is 11.2. The molecule has 0 aromatic heterocycles. The Morgan fingerprint density at radius 3 is 2.67 bits per heavy atom. The van der Waals surface area contributed by atoms with Gasteiger partial charge >= 0.3 is 12.2 Å². The van der Waals surface area contributed by atoms with Gasteiger partial charge < -0.3 is 15.5 Å². The van der Waals surface area contributed by atoms with Crippen LogP contribution < -0.4 is 10.6 Å². The lowest BCUT2D eigenvalue weighted by Crippen LogP contribution is -2.49. The molecule has 132 valence electrons. The summed E-state index contributed by atoms with van der Waals surface area (Å²) in [5, 5.41) is 4.93. The Kier molecular flexibility index (Phi) is 5.82. The van der Waals surface area contributed by atoms with Crippen LogP contribution in [0.4, 0.5) is 23.7 Å². The topological polar surface area (TPSA) is 61.4 Å². The molecule has 1 aliphatic rings. The van der Waals surface area contributed by atoms with Crippen LogP contribution in [0, 0.1) is 0 Å². The maximum Gasteiger partial charge on any atom is 0.405 e. The quantitative estimate of drug-likeness (QED) is 0.836. The van der Waals surface area contributed by atoms with Crippen molar-refractivity contribution in [2.75, 3.05) is 18.4 Å². The molecular formula is C14H14Cl2F3N3O2. The fourth-order valence-corrected chi connectivity index (χ4v) is 2.70. The summed E-state index contributed by atoms with van der Waals surface area (Å²) in [6, 6.07) is 2.91. The van der Waals surface area contributed by atoms with Gasteiger partial charge in [0.05, 0.1) is 10.7 Å². The van der Waals surface area contributed by atoms with E-state index >= 15 is 0 Å². The van der Waals surface area contributed by atoms with Gasteiger partial charge in [0.1, 0.15) is 12.6 Å². The highest BCUT2D eigenvalue weighted by Crippen LogP contribution is 2.27. The van der Waals surface area contributed by atoms with Crippen LogP contribution in [-0.4, -0.2) is 42.1 Å². The summed E-state index contributed by atoms with van der Waals surface area (Å²) in [7, 11) is 0. The number of carbonyl (C=O) groups is 2. The smallest absolute Gasteiger partial charge is 0.345 e. The van der Waals surface area contributed by atoms with E-state index in [2.05, 4.69) is 5.32 Å². The molecule has 0 radical (unpaired) electrons. The molecule has 10 heteroatoms. The van der Waals surface area contributed by atoms with Gasteiger partial charge in [0.25, 0.3) is 0 Å². The molecule has 2 N–H and O–H groups in total. The minimum Gasteiger partial charge on any atom is -0.345 e. The summed E-state index contributed by atoms with van der Waals surface area (Å²) in [4.78, 5) is 25.4. The number of nitrogens with one attached hydrogen (secondary N) is 2. The van der Waals surface area contributed by atoms with Crippen molar-refractivity contribution < 1.29 is 22.8 Å². The normalized spacial score (nSPS) is 17.7.